The predicted molar refractivity (Wildman–Crippen MR) is 131 cm³/mol. The summed E-state index contributed by atoms with van der Waals surface area (Å²) in [6, 6.07) is 14.0. The molecule has 32 heavy (non-hydrogen) atoms. The minimum Gasteiger partial charge on any atom is -0.369 e. The van der Waals surface area contributed by atoms with Crippen molar-refractivity contribution in [1.29, 1.82) is 0 Å². The summed E-state index contributed by atoms with van der Waals surface area (Å²) in [5.41, 5.74) is 4.80. The number of aromatic nitrogens is 2. The topological polar surface area (TPSA) is 62.5 Å². The van der Waals surface area contributed by atoms with Crippen molar-refractivity contribution < 1.29 is 4.79 Å². The lowest BCUT2D eigenvalue weighted by molar-refractivity contribution is -0.116. The number of carbonyl (C=O) groups is 1. The molecule has 0 unspecified atom stereocenters. The Morgan fingerprint density at radius 2 is 1.62 bits per heavy atom. The van der Waals surface area contributed by atoms with Crippen molar-refractivity contribution in [3.8, 4) is 0 Å². The first-order chi connectivity index (χ1) is 15.5. The highest BCUT2D eigenvalue weighted by Gasteiger charge is 2.17. The number of rotatable bonds is 7. The first-order valence-corrected chi connectivity index (χ1v) is 11.6. The summed E-state index contributed by atoms with van der Waals surface area (Å²) >= 11 is 0. The molecule has 1 saturated heterocycles. The molecule has 1 aliphatic heterocycles. The Labute approximate surface area is 189 Å². The molecule has 0 saturated carbocycles. The minimum absolute atomic E-state index is 0.0646. The van der Waals surface area contributed by atoms with Crippen LogP contribution in [0.25, 0.3) is 11.0 Å². The standard InChI is InChI=1S/C25H33N5O2/c1-4-27-14-16-28(17-15-27)20-10-11-21(19(3)18-20)26-24(31)12-13-30-23-9-7-6-8-22(23)29(5-2)25(30)32/h6-11,18H,4-5,12-17H2,1-3H3,(H,26,31). The molecular weight excluding hydrogens is 402 g/mol. The fourth-order valence-electron chi connectivity index (χ4n) is 4.53. The van der Waals surface area contributed by atoms with E-state index in [9.17, 15) is 9.59 Å². The van der Waals surface area contributed by atoms with Crippen molar-refractivity contribution in [2.75, 3.05) is 42.9 Å². The van der Waals surface area contributed by atoms with Crippen molar-refractivity contribution >= 4 is 28.3 Å². The average molecular weight is 436 g/mol. The van der Waals surface area contributed by atoms with Gasteiger partial charge in [0.15, 0.2) is 0 Å². The summed E-state index contributed by atoms with van der Waals surface area (Å²) in [6.45, 7) is 12.5. The van der Waals surface area contributed by atoms with Crippen molar-refractivity contribution in [3.05, 3.63) is 58.5 Å². The van der Waals surface area contributed by atoms with Gasteiger partial charge < -0.3 is 15.1 Å². The van der Waals surface area contributed by atoms with E-state index in [2.05, 4.69) is 34.2 Å². The maximum absolute atomic E-state index is 12.8. The van der Waals surface area contributed by atoms with Crippen LogP contribution in [0.15, 0.2) is 47.3 Å². The molecule has 3 aromatic rings. The summed E-state index contributed by atoms with van der Waals surface area (Å²) in [5, 5.41) is 3.03. The van der Waals surface area contributed by atoms with E-state index in [0.29, 0.717) is 13.1 Å². The lowest BCUT2D eigenvalue weighted by Gasteiger charge is -2.35. The largest absolute Gasteiger partial charge is 0.369 e. The quantitative estimate of drug-likeness (QED) is 0.619. The second-order valence-electron chi connectivity index (χ2n) is 8.39. The van der Waals surface area contributed by atoms with Crippen molar-refractivity contribution in [1.82, 2.24) is 14.0 Å². The van der Waals surface area contributed by atoms with Crippen molar-refractivity contribution in [2.24, 2.45) is 0 Å². The number of imidazole rings is 1. The third kappa shape index (κ3) is 4.43. The Bertz CT molecular complexity index is 1150. The molecule has 1 aliphatic rings. The molecule has 0 spiro atoms. The molecule has 2 heterocycles. The smallest absolute Gasteiger partial charge is 0.329 e. The van der Waals surface area contributed by atoms with E-state index in [-0.39, 0.29) is 18.0 Å². The maximum atomic E-state index is 12.8. The van der Waals surface area contributed by atoms with Gasteiger partial charge in [-0.05, 0) is 56.3 Å². The number of amides is 1. The van der Waals surface area contributed by atoms with Crippen LogP contribution in [0.1, 0.15) is 25.8 Å². The van der Waals surface area contributed by atoms with E-state index >= 15 is 0 Å². The van der Waals surface area contributed by atoms with Gasteiger partial charge in [-0.15, -0.1) is 0 Å². The van der Waals surface area contributed by atoms with Gasteiger partial charge in [-0.25, -0.2) is 4.79 Å². The van der Waals surface area contributed by atoms with E-state index < -0.39 is 0 Å². The number of para-hydroxylation sites is 2. The molecule has 170 valence electrons. The first kappa shape index (κ1) is 22.1. The monoisotopic (exact) mass is 435 g/mol. The summed E-state index contributed by atoms with van der Waals surface area (Å²) < 4.78 is 3.45. The number of hydrogen-bond acceptors (Lipinski definition) is 4. The highest BCUT2D eigenvalue weighted by atomic mass is 16.2. The lowest BCUT2D eigenvalue weighted by atomic mass is 10.1. The van der Waals surface area contributed by atoms with E-state index in [4.69, 9.17) is 0 Å². The van der Waals surface area contributed by atoms with Gasteiger partial charge in [-0.2, -0.15) is 0 Å². The zero-order valence-corrected chi connectivity index (χ0v) is 19.3. The Kier molecular flexibility index (Phi) is 6.65. The van der Waals surface area contributed by atoms with E-state index in [1.807, 2.05) is 44.2 Å². The third-order valence-corrected chi connectivity index (χ3v) is 6.47. The summed E-state index contributed by atoms with van der Waals surface area (Å²) in [5.74, 6) is -0.0855. The van der Waals surface area contributed by atoms with Gasteiger partial charge in [0, 0.05) is 57.1 Å². The second-order valence-corrected chi connectivity index (χ2v) is 8.39. The van der Waals surface area contributed by atoms with Crippen LogP contribution in [-0.2, 0) is 17.9 Å². The Morgan fingerprint density at radius 1 is 0.938 bits per heavy atom. The maximum Gasteiger partial charge on any atom is 0.329 e. The second kappa shape index (κ2) is 9.61. The number of carbonyl (C=O) groups excluding carboxylic acids is 1. The molecule has 0 radical (unpaired) electrons. The molecule has 0 atom stereocenters. The summed E-state index contributed by atoms with van der Waals surface area (Å²) in [7, 11) is 0. The minimum atomic E-state index is -0.0855. The Balaban J connectivity index is 1.40. The van der Waals surface area contributed by atoms with Gasteiger partial charge in [0.1, 0.15) is 0 Å². The normalized spacial score (nSPS) is 14.8. The number of anilines is 2. The zero-order chi connectivity index (χ0) is 22.7. The first-order valence-electron chi connectivity index (χ1n) is 11.6. The average Bonchev–Trinajstić information content (AvgIpc) is 3.09. The molecule has 1 N–H and O–H groups in total. The molecule has 4 rings (SSSR count). The van der Waals surface area contributed by atoms with Crippen LogP contribution in [0.5, 0.6) is 0 Å². The van der Waals surface area contributed by atoms with Crippen LogP contribution in [0.3, 0.4) is 0 Å². The molecule has 1 amide bonds. The molecule has 1 aromatic heterocycles. The number of benzene rings is 2. The number of piperazine rings is 1. The van der Waals surface area contributed by atoms with E-state index in [1.54, 1.807) is 9.13 Å². The van der Waals surface area contributed by atoms with Crippen LogP contribution >= 0.6 is 0 Å². The number of fused-ring (bicyclic) bond motifs is 1. The van der Waals surface area contributed by atoms with Gasteiger partial charge >= 0.3 is 5.69 Å². The summed E-state index contributed by atoms with van der Waals surface area (Å²) in [4.78, 5) is 30.3. The van der Waals surface area contributed by atoms with Gasteiger partial charge in [-0.1, -0.05) is 19.1 Å². The highest BCUT2D eigenvalue weighted by Crippen LogP contribution is 2.24. The molecule has 0 bridgehead atoms. The number of nitrogens with zero attached hydrogens (tertiary/aromatic N) is 4. The van der Waals surface area contributed by atoms with Gasteiger partial charge in [-0.3, -0.25) is 13.9 Å². The molecule has 2 aromatic carbocycles. The molecule has 0 aliphatic carbocycles. The van der Waals surface area contributed by atoms with Gasteiger partial charge in [0.2, 0.25) is 5.91 Å². The molecule has 7 nitrogen and oxygen atoms in total. The molecule has 1 fully saturated rings. The number of aryl methyl sites for hydroxylation is 3. The van der Waals surface area contributed by atoms with Crippen molar-refractivity contribution in [3.63, 3.8) is 0 Å². The number of nitrogens with one attached hydrogen (secondary N) is 1. The zero-order valence-electron chi connectivity index (χ0n) is 19.3. The summed E-state index contributed by atoms with van der Waals surface area (Å²) in [6.07, 6.45) is 0.248. The lowest BCUT2D eigenvalue weighted by Crippen LogP contribution is -2.46. The van der Waals surface area contributed by atoms with Crippen LogP contribution in [-0.4, -0.2) is 52.7 Å². The number of likely N-dealkylation sites (N-methyl/N-ethyl adjacent to an activating group) is 1. The molecular formula is C25H33N5O2. The predicted octanol–water partition coefficient (Wildman–Crippen LogP) is 3.30. The third-order valence-electron chi connectivity index (χ3n) is 6.47. The Morgan fingerprint density at radius 3 is 2.25 bits per heavy atom. The fourth-order valence-corrected chi connectivity index (χ4v) is 4.53. The van der Waals surface area contributed by atoms with E-state index in [1.165, 1.54) is 5.69 Å². The van der Waals surface area contributed by atoms with Gasteiger partial charge in [0.25, 0.3) is 0 Å². The number of hydrogen-bond donors (Lipinski definition) is 1. The Hall–Kier alpha value is -3.06. The van der Waals surface area contributed by atoms with Crippen molar-refractivity contribution in [2.45, 2.75) is 40.3 Å². The van der Waals surface area contributed by atoms with E-state index in [0.717, 1.165) is 55.0 Å². The van der Waals surface area contributed by atoms with Gasteiger partial charge in [0.05, 0.1) is 11.0 Å². The molecule has 7 heteroatoms. The van der Waals surface area contributed by atoms with Crippen LogP contribution in [0, 0.1) is 6.92 Å². The van der Waals surface area contributed by atoms with Crippen LogP contribution < -0.4 is 15.9 Å². The fraction of sp³-hybridized carbons (Fsp3) is 0.440. The highest BCUT2D eigenvalue weighted by molar-refractivity contribution is 5.91. The van der Waals surface area contributed by atoms with Crippen LogP contribution in [0.2, 0.25) is 0 Å². The van der Waals surface area contributed by atoms with Crippen LogP contribution in [0.4, 0.5) is 11.4 Å². The SMILES string of the molecule is CCN1CCN(c2ccc(NC(=O)CCn3c(=O)n(CC)c4ccccc43)c(C)c2)CC1.